The molecule has 0 atom stereocenters. The highest BCUT2D eigenvalue weighted by Crippen LogP contribution is 2.18. The molecular weight excluding hydrogens is 258 g/mol. The van der Waals surface area contributed by atoms with Gasteiger partial charge in [0.1, 0.15) is 11.3 Å². The number of esters is 1. The summed E-state index contributed by atoms with van der Waals surface area (Å²) in [6.45, 7) is 1.39. The lowest BCUT2D eigenvalue weighted by Crippen LogP contribution is -2.08. The van der Waals surface area contributed by atoms with Crippen LogP contribution in [-0.4, -0.2) is 34.4 Å². The van der Waals surface area contributed by atoms with Crippen LogP contribution in [0.3, 0.4) is 0 Å². The normalized spacial score (nSPS) is 12.5. The lowest BCUT2D eigenvalue weighted by atomic mass is 10.2. The number of hydrogen-bond donors (Lipinski definition) is 1. The average molecular weight is 271 g/mol. The number of hydrogen-bond acceptors (Lipinski definition) is 6. The number of ether oxygens (including phenoxy) is 1. The van der Waals surface area contributed by atoms with Gasteiger partial charge in [-0.15, -0.1) is 0 Å². The number of carbonyl (C=O) groups is 1. The quantitative estimate of drug-likeness (QED) is 0.401. The van der Waals surface area contributed by atoms with Crippen LogP contribution in [0.2, 0.25) is 0 Å². The van der Waals surface area contributed by atoms with Crippen molar-refractivity contribution in [1.29, 1.82) is 0 Å². The molecule has 1 aromatic carbocycles. The zero-order valence-corrected chi connectivity index (χ0v) is 11.1. The van der Waals surface area contributed by atoms with Gasteiger partial charge in [0.05, 0.1) is 23.8 Å². The van der Waals surface area contributed by atoms with Crippen LogP contribution in [-0.2, 0) is 9.53 Å². The minimum absolute atomic E-state index is 0.00624. The summed E-state index contributed by atoms with van der Waals surface area (Å²) >= 11 is 0. The number of aromatic nitrogens is 2. The Kier molecular flexibility index (Phi) is 4.05. The van der Waals surface area contributed by atoms with Gasteiger partial charge in [-0.1, -0.05) is 0 Å². The van der Waals surface area contributed by atoms with E-state index in [1.807, 2.05) is 0 Å². The van der Waals surface area contributed by atoms with Crippen LogP contribution in [0.1, 0.15) is 6.92 Å². The van der Waals surface area contributed by atoms with Gasteiger partial charge in [-0.2, -0.15) is 0 Å². The molecule has 0 aliphatic rings. The van der Waals surface area contributed by atoms with E-state index in [-0.39, 0.29) is 11.3 Å². The van der Waals surface area contributed by atoms with Crippen LogP contribution in [0.5, 0.6) is 0 Å². The monoisotopic (exact) mass is 271 g/mol. The van der Waals surface area contributed by atoms with Crippen LogP contribution < -0.4 is 0 Å². The van der Waals surface area contributed by atoms with Gasteiger partial charge in [0.2, 0.25) is 0 Å². The minimum atomic E-state index is -0.644. The maximum Gasteiger partial charge on any atom is 0.342 e. The molecule has 0 fully saturated rings. The lowest BCUT2D eigenvalue weighted by Gasteiger charge is -2.01. The highest BCUT2D eigenvalue weighted by Gasteiger charge is 2.10. The molecule has 0 unspecified atom stereocenters. The number of aliphatic hydroxyl groups excluding tert-OH is 1. The molecule has 0 radical (unpaired) electrons. The second kappa shape index (κ2) is 5.92. The topological polar surface area (TPSA) is 84.7 Å². The molecule has 102 valence electrons. The number of nitrogens with zero attached hydrogens (tertiary/aromatic N) is 3. The third kappa shape index (κ3) is 2.97. The number of benzene rings is 1. The Balaban J connectivity index is 2.33. The maximum atomic E-state index is 11.4. The van der Waals surface area contributed by atoms with Crippen molar-refractivity contribution in [1.82, 2.24) is 9.97 Å². The van der Waals surface area contributed by atoms with E-state index in [9.17, 15) is 9.90 Å². The van der Waals surface area contributed by atoms with E-state index in [0.717, 1.165) is 5.52 Å². The third-order valence-electron chi connectivity index (χ3n) is 2.59. The molecule has 2 aromatic rings. The number of rotatable bonds is 3. The van der Waals surface area contributed by atoms with Crippen molar-refractivity contribution in [3.8, 4) is 0 Å². The average Bonchev–Trinajstić information content (AvgIpc) is 2.46. The van der Waals surface area contributed by atoms with Crippen molar-refractivity contribution >= 4 is 28.9 Å². The summed E-state index contributed by atoms with van der Waals surface area (Å²) in [4.78, 5) is 23.9. The van der Waals surface area contributed by atoms with E-state index in [1.54, 1.807) is 30.6 Å². The van der Waals surface area contributed by atoms with E-state index in [1.165, 1.54) is 20.2 Å². The molecule has 0 amide bonds. The Morgan fingerprint density at radius 1 is 1.30 bits per heavy atom. The Labute approximate surface area is 115 Å². The number of aliphatic hydroxyl groups is 1. The van der Waals surface area contributed by atoms with E-state index in [0.29, 0.717) is 11.2 Å². The van der Waals surface area contributed by atoms with E-state index in [4.69, 9.17) is 0 Å². The second-order valence-corrected chi connectivity index (χ2v) is 3.98. The Bertz CT molecular complexity index is 704. The second-order valence-electron chi connectivity index (χ2n) is 3.98. The molecule has 1 heterocycles. The summed E-state index contributed by atoms with van der Waals surface area (Å²) < 4.78 is 4.56. The first-order chi connectivity index (χ1) is 9.61. The molecule has 0 saturated heterocycles. The predicted molar refractivity (Wildman–Crippen MR) is 75.0 cm³/mol. The van der Waals surface area contributed by atoms with Crippen LogP contribution >= 0.6 is 0 Å². The van der Waals surface area contributed by atoms with E-state index in [2.05, 4.69) is 19.7 Å². The van der Waals surface area contributed by atoms with Crippen molar-refractivity contribution in [3.05, 3.63) is 41.9 Å². The number of methoxy groups -OCH3 is 1. The highest BCUT2D eigenvalue weighted by molar-refractivity contribution is 6.10. The predicted octanol–water partition coefficient (Wildman–Crippen LogP) is 2.34. The number of allylic oxidation sites excluding steroid dienone is 1. The summed E-state index contributed by atoms with van der Waals surface area (Å²) in [5.74, 6) is -0.796. The maximum absolute atomic E-state index is 11.4. The summed E-state index contributed by atoms with van der Waals surface area (Å²) in [6.07, 6.45) is 4.46. The Morgan fingerprint density at radius 3 is 2.65 bits per heavy atom. The van der Waals surface area contributed by atoms with Gasteiger partial charge in [0.25, 0.3) is 0 Å². The van der Waals surface area contributed by atoms with Gasteiger partial charge < -0.3 is 9.84 Å². The number of aliphatic imine (C=N–C) groups is 1. The molecule has 1 N–H and O–H groups in total. The van der Waals surface area contributed by atoms with Crippen molar-refractivity contribution < 1.29 is 14.6 Å². The van der Waals surface area contributed by atoms with Gasteiger partial charge in [0.15, 0.2) is 0 Å². The Hall–Kier alpha value is -2.76. The zero-order chi connectivity index (χ0) is 14.5. The highest BCUT2D eigenvalue weighted by atomic mass is 16.5. The first-order valence-electron chi connectivity index (χ1n) is 5.85. The molecule has 0 saturated carbocycles. The van der Waals surface area contributed by atoms with Gasteiger partial charge in [-0.25, -0.2) is 4.79 Å². The molecule has 6 heteroatoms. The summed E-state index contributed by atoms with van der Waals surface area (Å²) in [5.41, 5.74) is 2.06. The van der Waals surface area contributed by atoms with E-state index < -0.39 is 5.97 Å². The SMILES string of the molecule is COC(=O)/C(C=Nc1ccc2nccnc2c1)=C(\C)O. The van der Waals surface area contributed by atoms with Crippen LogP contribution in [0.4, 0.5) is 5.69 Å². The molecule has 0 aliphatic heterocycles. The first-order valence-corrected chi connectivity index (χ1v) is 5.85. The van der Waals surface area contributed by atoms with Gasteiger partial charge in [-0.3, -0.25) is 15.0 Å². The first kappa shape index (κ1) is 13.7. The van der Waals surface area contributed by atoms with Crippen LogP contribution in [0.15, 0.2) is 46.9 Å². The van der Waals surface area contributed by atoms with Crippen molar-refractivity contribution in [2.24, 2.45) is 4.99 Å². The van der Waals surface area contributed by atoms with Crippen LogP contribution in [0, 0.1) is 0 Å². The standard InChI is InChI=1S/C14H13N3O3/c1-9(18)11(14(19)20-2)8-17-10-3-4-12-13(7-10)16-6-5-15-12/h3-8,18H,1-2H3/b11-9+,17-8?. The van der Waals surface area contributed by atoms with Gasteiger partial charge in [0, 0.05) is 18.6 Å². The van der Waals surface area contributed by atoms with Gasteiger partial charge in [-0.05, 0) is 25.1 Å². The van der Waals surface area contributed by atoms with E-state index >= 15 is 0 Å². The van der Waals surface area contributed by atoms with Crippen molar-refractivity contribution in [2.45, 2.75) is 6.92 Å². The Morgan fingerprint density at radius 2 is 2.00 bits per heavy atom. The molecule has 2 rings (SSSR count). The third-order valence-corrected chi connectivity index (χ3v) is 2.59. The fourth-order valence-electron chi connectivity index (χ4n) is 1.57. The summed E-state index contributed by atoms with van der Waals surface area (Å²) in [5, 5.41) is 9.43. The van der Waals surface area contributed by atoms with Gasteiger partial charge >= 0.3 is 5.97 Å². The fourth-order valence-corrected chi connectivity index (χ4v) is 1.57. The van der Waals surface area contributed by atoms with Crippen LogP contribution in [0.25, 0.3) is 11.0 Å². The molecule has 0 aliphatic carbocycles. The molecule has 0 bridgehead atoms. The number of fused-ring (bicyclic) bond motifs is 1. The molecule has 1 aromatic heterocycles. The fraction of sp³-hybridized carbons (Fsp3) is 0.143. The molecular formula is C14H13N3O3. The molecule has 20 heavy (non-hydrogen) atoms. The van der Waals surface area contributed by atoms with Crippen molar-refractivity contribution in [2.75, 3.05) is 7.11 Å². The summed E-state index contributed by atoms with van der Waals surface area (Å²) in [6, 6.07) is 5.26. The lowest BCUT2D eigenvalue weighted by molar-refractivity contribution is -0.135. The minimum Gasteiger partial charge on any atom is -0.512 e. The molecule has 6 nitrogen and oxygen atoms in total. The largest absolute Gasteiger partial charge is 0.512 e. The number of carbonyl (C=O) groups excluding carboxylic acids is 1. The zero-order valence-electron chi connectivity index (χ0n) is 11.1. The summed E-state index contributed by atoms with van der Waals surface area (Å²) in [7, 11) is 1.24. The smallest absolute Gasteiger partial charge is 0.342 e. The molecule has 0 spiro atoms. The van der Waals surface area contributed by atoms with Crippen molar-refractivity contribution in [3.63, 3.8) is 0 Å².